The van der Waals surface area contributed by atoms with Crippen LogP contribution in [0.1, 0.15) is 44.5 Å². The normalized spacial score (nSPS) is 18.3. The Morgan fingerprint density at radius 2 is 2.00 bits per heavy atom. The van der Waals surface area contributed by atoms with Crippen LogP contribution in [0.2, 0.25) is 0 Å². The van der Waals surface area contributed by atoms with Crippen LogP contribution in [0.5, 0.6) is 5.75 Å². The fourth-order valence-electron chi connectivity index (χ4n) is 3.74. The standard InChI is InChI=1S/C22H27F2N3O3/c1-13(2)19-10-22(23,24)12-27(19)20(28)11-26-21(29)16-7-8-25-18-6-5-15(9-17(16)18)30-14(3)4/h5-9,13-14,19H,10-12H2,1-4H3,(H,26,29). The second kappa shape index (κ2) is 8.53. The van der Waals surface area contributed by atoms with Crippen LogP contribution in [-0.4, -0.2) is 52.9 Å². The second-order valence-corrected chi connectivity index (χ2v) is 8.28. The Morgan fingerprint density at radius 1 is 1.27 bits per heavy atom. The van der Waals surface area contributed by atoms with Gasteiger partial charge < -0.3 is 15.0 Å². The summed E-state index contributed by atoms with van der Waals surface area (Å²) in [6.45, 7) is 6.47. The van der Waals surface area contributed by atoms with Gasteiger partial charge in [0.1, 0.15) is 5.75 Å². The van der Waals surface area contributed by atoms with E-state index in [2.05, 4.69) is 10.3 Å². The summed E-state index contributed by atoms with van der Waals surface area (Å²) in [5.41, 5.74) is 0.957. The molecule has 1 unspecified atom stereocenters. The highest BCUT2D eigenvalue weighted by Gasteiger charge is 2.47. The van der Waals surface area contributed by atoms with Crippen LogP contribution in [0.25, 0.3) is 10.9 Å². The third-order valence-corrected chi connectivity index (χ3v) is 5.13. The molecule has 1 aromatic heterocycles. The van der Waals surface area contributed by atoms with E-state index < -0.39 is 30.3 Å². The van der Waals surface area contributed by atoms with E-state index in [0.29, 0.717) is 22.2 Å². The number of carbonyl (C=O) groups excluding carboxylic acids is 2. The van der Waals surface area contributed by atoms with Gasteiger partial charge in [-0.1, -0.05) is 13.8 Å². The molecule has 6 nitrogen and oxygen atoms in total. The number of benzene rings is 1. The summed E-state index contributed by atoms with van der Waals surface area (Å²) >= 11 is 0. The number of halogens is 2. The maximum Gasteiger partial charge on any atom is 0.267 e. The number of hydrogen-bond donors (Lipinski definition) is 1. The van der Waals surface area contributed by atoms with Gasteiger partial charge in [0.25, 0.3) is 11.8 Å². The number of carbonyl (C=O) groups is 2. The summed E-state index contributed by atoms with van der Waals surface area (Å²) < 4.78 is 33.3. The number of fused-ring (bicyclic) bond motifs is 1. The lowest BCUT2D eigenvalue weighted by Gasteiger charge is -2.26. The number of alkyl halides is 2. The summed E-state index contributed by atoms with van der Waals surface area (Å²) in [7, 11) is 0. The highest BCUT2D eigenvalue weighted by molar-refractivity contribution is 6.07. The number of nitrogens with zero attached hydrogens (tertiary/aromatic N) is 2. The van der Waals surface area contributed by atoms with E-state index in [1.54, 1.807) is 24.3 Å². The van der Waals surface area contributed by atoms with Gasteiger partial charge in [0, 0.05) is 24.0 Å². The lowest BCUT2D eigenvalue weighted by atomic mass is 10.0. The lowest BCUT2D eigenvalue weighted by molar-refractivity contribution is -0.132. The fraction of sp³-hybridized carbons (Fsp3) is 0.500. The van der Waals surface area contributed by atoms with Crippen molar-refractivity contribution in [1.82, 2.24) is 15.2 Å². The number of hydrogen-bond acceptors (Lipinski definition) is 4. The Bertz CT molecular complexity index is 946. The van der Waals surface area contributed by atoms with E-state index in [1.165, 1.54) is 11.1 Å². The fourth-order valence-corrected chi connectivity index (χ4v) is 3.74. The van der Waals surface area contributed by atoms with Crippen molar-refractivity contribution in [3.8, 4) is 5.75 Å². The Balaban J connectivity index is 1.74. The molecular formula is C22H27F2N3O3. The van der Waals surface area contributed by atoms with E-state index in [0.717, 1.165) is 0 Å². The van der Waals surface area contributed by atoms with Gasteiger partial charge >= 0.3 is 0 Å². The van der Waals surface area contributed by atoms with Crippen LogP contribution < -0.4 is 10.1 Å². The lowest BCUT2D eigenvalue weighted by Crippen LogP contribution is -2.44. The predicted octanol–water partition coefficient (Wildman–Crippen LogP) is 3.64. The molecule has 1 aliphatic heterocycles. The second-order valence-electron chi connectivity index (χ2n) is 8.28. The van der Waals surface area contributed by atoms with Gasteiger partial charge in [-0.3, -0.25) is 14.6 Å². The van der Waals surface area contributed by atoms with E-state index in [1.807, 2.05) is 27.7 Å². The van der Waals surface area contributed by atoms with Crippen molar-refractivity contribution in [2.45, 2.75) is 52.2 Å². The van der Waals surface area contributed by atoms with Crippen molar-refractivity contribution in [2.24, 2.45) is 5.92 Å². The number of amides is 2. The van der Waals surface area contributed by atoms with Crippen molar-refractivity contribution in [3.05, 3.63) is 36.0 Å². The van der Waals surface area contributed by atoms with Crippen LogP contribution in [0.3, 0.4) is 0 Å². The third kappa shape index (κ3) is 4.86. The molecule has 0 aliphatic carbocycles. The topological polar surface area (TPSA) is 71.5 Å². The number of likely N-dealkylation sites (tertiary alicyclic amines) is 1. The SMILES string of the molecule is CC(C)Oc1ccc2nccc(C(=O)NCC(=O)N3CC(F)(F)CC3C(C)C)c2c1. The Hall–Kier alpha value is -2.77. The number of pyridine rings is 1. The number of rotatable bonds is 6. The first-order chi connectivity index (χ1) is 14.1. The Morgan fingerprint density at radius 3 is 2.67 bits per heavy atom. The highest BCUT2D eigenvalue weighted by atomic mass is 19.3. The summed E-state index contributed by atoms with van der Waals surface area (Å²) in [6.07, 6.45) is 1.14. The van der Waals surface area contributed by atoms with Gasteiger partial charge in [0.15, 0.2) is 0 Å². The van der Waals surface area contributed by atoms with Crippen molar-refractivity contribution in [3.63, 3.8) is 0 Å². The van der Waals surface area contributed by atoms with E-state index in [9.17, 15) is 18.4 Å². The minimum atomic E-state index is -2.90. The zero-order valence-electron chi connectivity index (χ0n) is 17.6. The number of nitrogens with one attached hydrogen (secondary N) is 1. The molecule has 1 saturated heterocycles. The smallest absolute Gasteiger partial charge is 0.267 e. The molecule has 0 saturated carbocycles. The van der Waals surface area contributed by atoms with Crippen molar-refractivity contribution < 1.29 is 23.1 Å². The van der Waals surface area contributed by atoms with Crippen molar-refractivity contribution in [2.75, 3.05) is 13.1 Å². The average molecular weight is 419 g/mol. The first-order valence-corrected chi connectivity index (χ1v) is 10.1. The summed E-state index contributed by atoms with van der Waals surface area (Å²) in [5.74, 6) is -3.37. The van der Waals surface area contributed by atoms with Crippen LogP contribution in [0.4, 0.5) is 8.78 Å². The average Bonchev–Trinajstić information content (AvgIpc) is 3.01. The molecule has 1 aromatic carbocycles. The van der Waals surface area contributed by atoms with Crippen molar-refractivity contribution >= 4 is 22.7 Å². The first kappa shape index (κ1) is 21.9. The van der Waals surface area contributed by atoms with Crippen LogP contribution >= 0.6 is 0 Å². The van der Waals surface area contributed by atoms with Gasteiger partial charge in [-0.25, -0.2) is 8.78 Å². The summed E-state index contributed by atoms with van der Waals surface area (Å²) in [5, 5.41) is 3.16. The molecule has 2 amide bonds. The Labute approximate surface area is 174 Å². The molecule has 1 N–H and O–H groups in total. The molecule has 2 heterocycles. The minimum Gasteiger partial charge on any atom is -0.491 e. The maximum absolute atomic E-state index is 13.8. The molecule has 0 radical (unpaired) electrons. The van der Waals surface area contributed by atoms with Gasteiger partial charge in [0.05, 0.1) is 30.3 Å². The molecule has 162 valence electrons. The van der Waals surface area contributed by atoms with E-state index >= 15 is 0 Å². The van der Waals surface area contributed by atoms with Gasteiger partial charge in [-0.2, -0.15) is 0 Å². The monoisotopic (exact) mass is 419 g/mol. The molecule has 0 bridgehead atoms. The van der Waals surface area contributed by atoms with E-state index in [-0.39, 0.29) is 25.0 Å². The predicted molar refractivity (Wildman–Crippen MR) is 110 cm³/mol. The molecule has 1 aliphatic rings. The molecule has 2 aromatic rings. The highest BCUT2D eigenvalue weighted by Crippen LogP contribution is 2.35. The zero-order valence-corrected chi connectivity index (χ0v) is 17.6. The van der Waals surface area contributed by atoms with Gasteiger partial charge in [-0.05, 0) is 44.0 Å². The Kier molecular flexibility index (Phi) is 6.24. The van der Waals surface area contributed by atoms with Crippen LogP contribution in [0.15, 0.2) is 30.5 Å². The third-order valence-electron chi connectivity index (χ3n) is 5.13. The molecule has 8 heteroatoms. The molecule has 3 rings (SSSR count). The molecule has 1 fully saturated rings. The van der Waals surface area contributed by atoms with Crippen LogP contribution in [-0.2, 0) is 4.79 Å². The number of aromatic nitrogens is 1. The minimum absolute atomic E-state index is 0.0264. The maximum atomic E-state index is 13.8. The first-order valence-electron chi connectivity index (χ1n) is 10.1. The summed E-state index contributed by atoms with van der Waals surface area (Å²) in [4.78, 5) is 30.8. The molecule has 1 atom stereocenters. The zero-order chi connectivity index (χ0) is 22.1. The molecule has 30 heavy (non-hydrogen) atoms. The van der Waals surface area contributed by atoms with Crippen LogP contribution in [0, 0.1) is 5.92 Å². The van der Waals surface area contributed by atoms with Gasteiger partial charge in [-0.15, -0.1) is 0 Å². The van der Waals surface area contributed by atoms with Crippen molar-refractivity contribution in [1.29, 1.82) is 0 Å². The molecule has 0 spiro atoms. The molecular weight excluding hydrogens is 392 g/mol. The van der Waals surface area contributed by atoms with E-state index in [4.69, 9.17) is 4.74 Å². The quantitative estimate of drug-likeness (QED) is 0.776. The number of ether oxygens (including phenoxy) is 1. The van der Waals surface area contributed by atoms with Gasteiger partial charge in [0.2, 0.25) is 5.91 Å². The largest absolute Gasteiger partial charge is 0.491 e. The summed E-state index contributed by atoms with van der Waals surface area (Å²) in [6, 6.07) is 6.29.